The van der Waals surface area contributed by atoms with Gasteiger partial charge >= 0.3 is 0 Å². The Morgan fingerprint density at radius 2 is 0.875 bits per heavy atom. The van der Waals surface area contributed by atoms with E-state index >= 15 is 0 Å². The van der Waals surface area contributed by atoms with Gasteiger partial charge in [-0.2, -0.15) is 16.8 Å². The second kappa shape index (κ2) is 6.24. The number of rotatable bonds is 4. The molecule has 0 aliphatic rings. The SMILES string of the molecule is Nc1ccc(C(=C(c2ccc(N)cc2)S(=O)(=O)O)S(=O)(=O)O)cc1. The Balaban J connectivity index is 2.95. The molecule has 2 rings (SSSR count). The van der Waals surface area contributed by atoms with Crippen molar-refractivity contribution in [3.05, 3.63) is 59.7 Å². The molecule has 0 spiro atoms. The van der Waals surface area contributed by atoms with Gasteiger partial charge in [0.05, 0.1) is 0 Å². The van der Waals surface area contributed by atoms with Crippen LogP contribution in [-0.4, -0.2) is 25.9 Å². The Kier molecular flexibility index (Phi) is 4.67. The van der Waals surface area contributed by atoms with Gasteiger partial charge in [-0.3, -0.25) is 9.11 Å². The summed E-state index contributed by atoms with van der Waals surface area (Å²) >= 11 is 0. The van der Waals surface area contributed by atoms with Gasteiger partial charge in [0.25, 0.3) is 20.2 Å². The summed E-state index contributed by atoms with van der Waals surface area (Å²) in [7, 11) is -10.0. The third kappa shape index (κ3) is 3.92. The quantitative estimate of drug-likeness (QED) is 0.357. The van der Waals surface area contributed by atoms with E-state index < -0.39 is 30.0 Å². The van der Waals surface area contributed by atoms with E-state index in [4.69, 9.17) is 11.5 Å². The number of nitrogens with two attached hydrogens (primary N) is 2. The first kappa shape index (κ1) is 17.9. The normalized spacial score (nSPS) is 13.4. The minimum absolute atomic E-state index is 0.156. The predicted molar refractivity (Wildman–Crippen MR) is 91.6 cm³/mol. The standard InChI is InChI=1S/C14H14N2O6S2/c15-11-5-1-9(2-6-11)13(23(17,18)19)14(24(20,21)22)10-3-7-12(16)8-4-10/h1-8H,15-16H2,(H,17,18,19)(H,20,21,22). The molecule has 6 N–H and O–H groups in total. The van der Waals surface area contributed by atoms with Crippen molar-refractivity contribution in [2.45, 2.75) is 0 Å². The third-order valence-corrected chi connectivity index (χ3v) is 5.11. The van der Waals surface area contributed by atoms with Gasteiger partial charge < -0.3 is 11.5 Å². The Morgan fingerprint density at radius 1 is 0.625 bits per heavy atom. The maximum absolute atomic E-state index is 11.8. The smallest absolute Gasteiger partial charge is 0.296 e. The number of hydrogen-bond acceptors (Lipinski definition) is 6. The highest BCUT2D eigenvalue weighted by Gasteiger charge is 2.30. The number of benzene rings is 2. The fraction of sp³-hybridized carbons (Fsp3) is 0. The van der Waals surface area contributed by atoms with Crippen LogP contribution in [0.2, 0.25) is 0 Å². The van der Waals surface area contributed by atoms with Crippen LogP contribution in [0, 0.1) is 0 Å². The molecule has 2 aromatic rings. The molecule has 0 saturated carbocycles. The molecule has 0 fully saturated rings. The molecule has 0 aromatic heterocycles. The van der Waals surface area contributed by atoms with Crippen LogP contribution < -0.4 is 11.5 Å². The summed E-state index contributed by atoms with van der Waals surface area (Å²) < 4.78 is 66.3. The summed E-state index contributed by atoms with van der Waals surface area (Å²) in [6.07, 6.45) is 0. The van der Waals surface area contributed by atoms with Gasteiger partial charge in [0.1, 0.15) is 9.81 Å². The van der Waals surface area contributed by atoms with Crippen LogP contribution >= 0.6 is 0 Å². The maximum atomic E-state index is 11.8. The third-order valence-electron chi connectivity index (χ3n) is 3.07. The van der Waals surface area contributed by atoms with Crippen molar-refractivity contribution < 1.29 is 25.9 Å². The van der Waals surface area contributed by atoms with Crippen molar-refractivity contribution in [1.82, 2.24) is 0 Å². The molecule has 0 saturated heterocycles. The van der Waals surface area contributed by atoms with Crippen LogP contribution in [0.5, 0.6) is 0 Å². The summed E-state index contributed by atoms with van der Waals surface area (Å²) in [5.41, 5.74) is 11.3. The lowest BCUT2D eigenvalue weighted by atomic mass is 10.1. The zero-order chi connectivity index (χ0) is 18.1. The fourth-order valence-electron chi connectivity index (χ4n) is 2.06. The van der Waals surface area contributed by atoms with Crippen LogP contribution in [0.15, 0.2) is 48.5 Å². The number of nitrogen functional groups attached to an aromatic ring is 2. The van der Waals surface area contributed by atoms with E-state index in [1.54, 1.807) is 0 Å². The van der Waals surface area contributed by atoms with Gasteiger partial charge in [-0.05, 0) is 35.4 Å². The second-order valence-electron chi connectivity index (χ2n) is 4.85. The van der Waals surface area contributed by atoms with E-state index in [-0.39, 0.29) is 11.1 Å². The van der Waals surface area contributed by atoms with Crippen LogP contribution in [0.3, 0.4) is 0 Å². The molecule has 8 nitrogen and oxygen atoms in total. The van der Waals surface area contributed by atoms with Gasteiger partial charge in [0.2, 0.25) is 0 Å². The van der Waals surface area contributed by atoms with Crippen molar-refractivity contribution in [3.63, 3.8) is 0 Å². The summed E-state index contributed by atoms with van der Waals surface area (Å²) in [5, 5.41) is 0. The monoisotopic (exact) mass is 370 g/mol. The summed E-state index contributed by atoms with van der Waals surface area (Å²) in [5.74, 6) is 0. The largest absolute Gasteiger partial charge is 0.399 e. The molecule has 2 aromatic carbocycles. The summed E-state index contributed by atoms with van der Waals surface area (Å²) in [6, 6.07) is 10.1. The zero-order valence-electron chi connectivity index (χ0n) is 12.1. The van der Waals surface area contributed by atoms with E-state index in [9.17, 15) is 25.9 Å². The highest BCUT2D eigenvalue weighted by molar-refractivity contribution is 8.01. The van der Waals surface area contributed by atoms with Crippen molar-refractivity contribution in [2.24, 2.45) is 0 Å². The topological polar surface area (TPSA) is 161 Å². The number of hydrogen-bond donors (Lipinski definition) is 4. The molecule has 0 radical (unpaired) electrons. The molecule has 0 heterocycles. The fourth-order valence-corrected chi connectivity index (χ4v) is 4.27. The lowest BCUT2D eigenvalue weighted by molar-refractivity contribution is 0.491. The van der Waals surface area contributed by atoms with Crippen molar-refractivity contribution in [2.75, 3.05) is 11.5 Å². The van der Waals surface area contributed by atoms with Gasteiger partial charge in [-0.25, -0.2) is 0 Å². The Morgan fingerprint density at radius 3 is 1.08 bits per heavy atom. The molecule has 0 aliphatic carbocycles. The second-order valence-corrected chi connectivity index (χ2v) is 7.57. The maximum Gasteiger partial charge on any atom is 0.296 e. The van der Waals surface area contributed by atoms with Crippen molar-refractivity contribution in [3.8, 4) is 0 Å². The molecule has 0 bridgehead atoms. The van der Waals surface area contributed by atoms with Crippen LogP contribution in [0.25, 0.3) is 9.81 Å². The highest BCUT2D eigenvalue weighted by Crippen LogP contribution is 2.34. The van der Waals surface area contributed by atoms with E-state index in [2.05, 4.69) is 0 Å². The summed E-state index contributed by atoms with van der Waals surface area (Å²) in [4.78, 5) is -1.93. The lowest BCUT2D eigenvalue weighted by Crippen LogP contribution is -2.11. The molecule has 0 aliphatic heterocycles. The molecule has 0 amide bonds. The number of anilines is 2. The van der Waals surface area contributed by atoms with E-state index in [0.717, 1.165) is 0 Å². The van der Waals surface area contributed by atoms with Crippen LogP contribution in [0.4, 0.5) is 11.4 Å². The highest BCUT2D eigenvalue weighted by atomic mass is 32.2. The van der Waals surface area contributed by atoms with E-state index in [0.29, 0.717) is 11.4 Å². The van der Waals surface area contributed by atoms with Crippen LogP contribution in [-0.2, 0) is 20.2 Å². The Hall–Kier alpha value is -2.40. The zero-order valence-corrected chi connectivity index (χ0v) is 13.8. The Labute approximate surface area is 138 Å². The van der Waals surface area contributed by atoms with Crippen molar-refractivity contribution in [1.29, 1.82) is 0 Å². The molecule has 0 unspecified atom stereocenters. The lowest BCUT2D eigenvalue weighted by Gasteiger charge is -2.12. The average molecular weight is 370 g/mol. The first-order valence-corrected chi connectivity index (χ1v) is 9.29. The van der Waals surface area contributed by atoms with Gasteiger partial charge in [0.15, 0.2) is 0 Å². The van der Waals surface area contributed by atoms with E-state index in [1.165, 1.54) is 48.5 Å². The predicted octanol–water partition coefficient (Wildman–Crippen LogP) is 1.45. The molecule has 0 atom stereocenters. The molecule has 128 valence electrons. The van der Waals surface area contributed by atoms with E-state index in [1.807, 2.05) is 0 Å². The molecule has 24 heavy (non-hydrogen) atoms. The van der Waals surface area contributed by atoms with Gasteiger partial charge in [-0.1, -0.05) is 24.3 Å². The molecular formula is C14H14N2O6S2. The Bertz CT molecular complexity index is 909. The van der Waals surface area contributed by atoms with Crippen LogP contribution in [0.1, 0.15) is 11.1 Å². The average Bonchev–Trinajstić information content (AvgIpc) is 2.45. The summed E-state index contributed by atoms with van der Waals surface area (Å²) in [6.45, 7) is 0. The first-order valence-electron chi connectivity index (χ1n) is 6.41. The van der Waals surface area contributed by atoms with Gasteiger partial charge in [-0.15, -0.1) is 0 Å². The van der Waals surface area contributed by atoms with Gasteiger partial charge in [0, 0.05) is 11.4 Å². The molecular weight excluding hydrogens is 356 g/mol. The minimum atomic E-state index is -5.00. The molecule has 10 heteroatoms. The minimum Gasteiger partial charge on any atom is -0.399 e. The first-order chi connectivity index (χ1) is 11.0. The van der Waals surface area contributed by atoms with Crippen molar-refractivity contribution >= 4 is 41.4 Å².